The van der Waals surface area contributed by atoms with Crippen LogP contribution >= 0.6 is 0 Å². The molecule has 3 rings (SSSR count). The number of nitrogens with one attached hydrogen (secondary N) is 1. The van der Waals surface area contributed by atoms with Gasteiger partial charge in [-0.1, -0.05) is 12.1 Å². The molecule has 8 heteroatoms. The maximum atomic E-state index is 12.6. The Morgan fingerprint density at radius 3 is 2.70 bits per heavy atom. The van der Waals surface area contributed by atoms with E-state index in [-0.39, 0.29) is 18.6 Å². The first-order valence-electron chi connectivity index (χ1n) is 9.68. The van der Waals surface area contributed by atoms with Gasteiger partial charge in [-0.15, -0.1) is 0 Å². The predicted molar refractivity (Wildman–Crippen MR) is 111 cm³/mol. The first-order chi connectivity index (χ1) is 14.3. The summed E-state index contributed by atoms with van der Waals surface area (Å²) in [6.45, 7) is 6.17. The van der Waals surface area contributed by atoms with Crippen molar-refractivity contribution in [3.05, 3.63) is 53.2 Å². The summed E-state index contributed by atoms with van der Waals surface area (Å²) in [6.07, 6.45) is 0. The van der Waals surface area contributed by atoms with Gasteiger partial charge in [0.1, 0.15) is 22.8 Å². The van der Waals surface area contributed by atoms with Crippen molar-refractivity contribution in [2.75, 3.05) is 20.8 Å². The Morgan fingerprint density at radius 1 is 1.23 bits per heavy atom. The van der Waals surface area contributed by atoms with E-state index in [1.54, 1.807) is 20.0 Å². The quantitative estimate of drug-likeness (QED) is 0.575. The van der Waals surface area contributed by atoms with E-state index >= 15 is 0 Å². The Kier molecular flexibility index (Phi) is 6.34. The number of hydrogen-bond acceptors (Lipinski definition) is 6. The maximum absolute atomic E-state index is 12.6. The number of methoxy groups -OCH3 is 1. The maximum Gasteiger partial charge on any atom is 0.341 e. The molecule has 1 unspecified atom stereocenters. The normalized spacial score (nSPS) is 11.9. The summed E-state index contributed by atoms with van der Waals surface area (Å²) in [4.78, 5) is 25.8. The van der Waals surface area contributed by atoms with Gasteiger partial charge in [0.2, 0.25) is 0 Å². The van der Waals surface area contributed by atoms with Crippen molar-refractivity contribution in [1.29, 1.82) is 0 Å². The zero-order valence-electron chi connectivity index (χ0n) is 17.8. The molecule has 1 N–H and O–H groups in total. The smallest absolute Gasteiger partial charge is 0.341 e. The lowest BCUT2D eigenvalue weighted by Crippen LogP contribution is -2.38. The molecule has 0 aliphatic heterocycles. The van der Waals surface area contributed by atoms with Gasteiger partial charge in [-0.05, 0) is 39.0 Å². The third-order valence-corrected chi connectivity index (χ3v) is 4.71. The number of fused-ring (bicyclic) bond motifs is 1. The van der Waals surface area contributed by atoms with E-state index in [1.807, 2.05) is 38.1 Å². The van der Waals surface area contributed by atoms with Crippen LogP contribution in [0.3, 0.4) is 0 Å². The van der Waals surface area contributed by atoms with Gasteiger partial charge in [0.15, 0.2) is 11.3 Å². The average molecular weight is 414 g/mol. The molecule has 2 aromatic heterocycles. The lowest BCUT2D eigenvalue weighted by molar-refractivity contribution is 0.0598. The number of esters is 1. The van der Waals surface area contributed by atoms with E-state index in [4.69, 9.17) is 18.3 Å². The van der Waals surface area contributed by atoms with Gasteiger partial charge in [-0.25, -0.2) is 9.59 Å². The van der Waals surface area contributed by atoms with E-state index in [9.17, 15) is 9.59 Å². The van der Waals surface area contributed by atoms with Gasteiger partial charge in [-0.3, -0.25) is 0 Å². The lowest BCUT2D eigenvalue weighted by Gasteiger charge is -2.19. The van der Waals surface area contributed by atoms with Gasteiger partial charge in [0.25, 0.3) is 0 Å². The standard InChI is InChI=1S/C22H26N2O6/c1-6-28-18-9-7-8-15-10-19(30-20(15)18)13(2)23-22(26)24(4)12-16-11-17(14(3)29-16)21(25)27-5/h7-11,13H,6,12H2,1-5H3,(H,23,26). The van der Waals surface area contributed by atoms with Crippen LogP contribution in [-0.4, -0.2) is 37.7 Å². The number of carbonyl (C=O) groups excluding carboxylic acids is 2. The number of urea groups is 1. The number of carbonyl (C=O) groups is 2. The number of aryl methyl sites for hydroxylation is 1. The van der Waals surface area contributed by atoms with E-state index in [0.29, 0.717) is 40.8 Å². The van der Waals surface area contributed by atoms with Crippen LogP contribution in [0.4, 0.5) is 4.79 Å². The molecule has 0 radical (unpaired) electrons. The number of amides is 2. The summed E-state index contributed by atoms with van der Waals surface area (Å²) >= 11 is 0. The Labute approximate surface area is 174 Å². The molecule has 0 aliphatic rings. The topological polar surface area (TPSA) is 94.2 Å². The first-order valence-corrected chi connectivity index (χ1v) is 9.68. The highest BCUT2D eigenvalue weighted by Crippen LogP contribution is 2.31. The van der Waals surface area contributed by atoms with Crippen LogP contribution < -0.4 is 10.1 Å². The van der Waals surface area contributed by atoms with Crippen LogP contribution in [0.5, 0.6) is 5.75 Å². The SMILES string of the molecule is CCOc1cccc2cc(C(C)NC(=O)N(C)Cc3cc(C(=O)OC)c(C)o3)oc12. The van der Waals surface area contributed by atoms with Crippen LogP contribution in [0.2, 0.25) is 0 Å². The number of ether oxygens (including phenoxy) is 2. The van der Waals surface area contributed by atoms with Crippen LogP contribution in [0.25, 0.3) is 11.0 Å². The van der Waals surface area contributed by atoms with Crippen molar-refractivity contribution in [1.82, 2.24) is 10.2 Å². The molecule has 0 saturated carbocycles. The number of nitrogens with zero attached hydrogens (tertiary/aromatic N) is 1. The molecule has 2 heterocycles. The molecule has 0 spiro atoms. The largest absolute Gasteiger partial charge is 0.490 e. The van der Waals surface area contributed by atoms with Gasteiger partial charge in [0, 0.05) is 12.4 Å². The van der Waals surface area contributed by atoms with Crippen molar-refractivity contribution in [2.45, 2.75) is 33.4 Å². The highest BCUT2D eigenvalue weighted by atomic mass is 16.5. The summed E-state index contributed by atoms with van der Waals surface area (Å²) in [5.74, 6) is 1.77. The molecule has 0 aliphatic carbocycles. The number of para-hydroxylation sites is 1. The summed E-state index contributed by atoms with van der Waals surface area (Å²) in [7, 11) is 2.95. The number of benzene rings is 1. The second kappa shape index (κ2) is 8.94. The molecular formula is C22H26N2O6. The zero-order valence-corrected chi connectivity index (χ0v) is 17.8. The molecule has 3 aromatic rings. The highest BCUT2D eigenvalue weighted by molar-refractivity contribution is 5.90. The van der Waals surface area contributed by atoms with Crippen molar-refractivity contribution in [3.63, 3.8) is 0 Å². The Hall–Kier alpha value is -3.42. The fourth-order valence-corrected chi connectivity index (χ4v) is 3.15. The second-order valence-electron chi connectivity index (χ2n) is 6.96. The minimum absolute atomic E-state index is 0.199. The van der Waals surface area contributed by atoms with E-state index < -0.39 is 5.97 Å². The molecule has 0 fully saturated rings. The molecule has 1 aromatic carbocycles. The Balaban J connectivity index is 1.67. The van der Waals surface area contributed by atoms with Gasteiger partial charge in [-0.2, -0.15) is 0 Å². The molecule has 2 amide bonds. The zero-order chi connectivity index (χ0) is 21.8. The van der Waals surface area contributed by atoms with Crippen LogP contribution in [-0.2, 0) is 11.3 Å². The van der Waals surface area contributed by atoms with Crippen molar-refractivity contribution >= 4 is 23.0 Å². The molecule has 1 atom stereocenters. The van der Waals surface area contributed by atoms with E-state index in [0.717, 1.165) is 5.39 Å². The molecular weight excluding hydrogens is 388 g/mol. The van der Waals surface area contributed by atoms with E-state index in [2.05, 4.69) is 5.32 Å². The molecule has 8 nitrogen and oxygen atoms in total. The van der Waals surface area contributed by atoms with Crippen molar-refractivity contribution in [2.24, 2.45) is 0 Å². The average Bonchev–Trinajstić information content (AvgIpc) is 3.31. The fraction of sp³-hybridized carbons (Fsp3) is 0.364. The molecule has 30 heavy (non-hydrogen) atoms. The monoisotopic (exact) mass is 414 g/mol. The fourth-order valence-electron chi connectivity index (χ4n) is 3.15. The third kappa shape index (κ3) is 4.42. The first kappa shape index (κ1) is 21.3. The second-order valence-corrected chi connectivity index (χ2v) is 6.96. The van der Waals surface area contributed by atoms with Crippen molar-refractivity contribution < 1.29 is 27.9 Å². The predicted octanol–water partition coefficient (Wildman–Crippen LogP) is 4.42. The van der Waals surface area contributed by atoms with Crippen LogP contribution in [0.15, 0.2) is 39.2 Å². The Morgan fingerprint density at radius 2 is 2.00 bits per heavy atom. The van der Waals surface area contributed by atoms with Gasteiger partial charge < -0.3 is 28.5 Å². The highest BCUT2D eigenvalue weighted by Gasteiger charge is 2.21. The van der Waals surface area contributed by atoms with E-state index in [1.165, 1.54) is 12.0 Å². The third-order valence-electron chi connectivity index (χ3n) is 4.71. The number of furan rings is 2. The Bertz CT molecular complexity index is 1050. The van der Waals surface area contributed by atoms with Crippen LogP contribution in [0, 0.1) is 6.92 Å². The summed E-state index contributed by atoms with van der Waals surface area (Å²) in [6, 6.07) is 8.50. The van der Waals surface area contributed by atoms with Gasteiger partial charge >= 0.3 is 12.0 Å². The molecule has 0 bridgehead atoms. The summed E-state index contributed by atoms with van der Waals surface area (Å²) in [5, 5.41) is 3.81. The minimum Gasteiger partial charge on any atom is -0.490 e. The lowest BCUT2D eigenvalue weighted by atomic mass is 10.2. The number of rotatable bonds is 7. The number of hydrogen-bond donors (Lipinski definition) is 1. The van der Waals surface area contributed by atoms with Gasteiger partial charge in [0.05, 0.1) is 26.3 Å². The van der Waals surface area contributed by atoms with Crippen molar-refractivity contribution in [3.8, 4) is 5.75 Å². The molecule has 0 saturated heterocycles. The summed E-state index contributed by atoms with van der Waals surface area (Å²) < 4.78 is 21.8. The minimum atomic E-state index is -0.473. The molecule has 160 valence electrons. The van der Waals surface area contributed by atoms with Crippen LogP contribution in [0.1, 0.15) is 47.5 Å². The summed E-state index contributed by atoms with van der Waals surface area (Å²) in [5.41, 5.74) is 1.01.